The summed E-state index contributed by atoms with van der Waals surface area (Å²) in [5.74, 6) is 0. The Morgan fingerprint density at radius 3 is 2.78 bits per heavy atom. The number of carbonyl (C=O) groups is 1. The summed E-state index contributed by atoms with van der Waals surface area (Å²) in [5.41, 5.74) is 5.66. The van der Waals surface area contributed by atoms with Crippen molar-refractivity contribution in [3.05, 3.63) is 26.5 Å². The number of hydrogen-bond donors (Lipinski definition) is 2. The highest BCUT2D eigenvalue weighted by atomic mass is 127. The Kier molecular flexibility index (Phi) is 5.61. The first kappa shape index (κ1) is 15.5. The Balaban J connectivity index is 2.40. The number of hydrogen-bond acceptors (Lipinski definition) is 4. The minimum Gasteiger partial charge on any atom is -0.443 e. The van der Waals surface area contributed by atoms with E-state index in [-0.39, 0.29) is 0 Å². The highest BCUT2D eigenvalue weighted by molar-refractivity contribution is 14.1. The molecule has 0 unspecified atom stereocenters. The van der Waals surface area contributed by atoms with E-state index in [1.165, 1.54) is 0 Å². The molecule has 0 aliphatic rings. The molecule has 0 aliphatic heterocycles. The molecule has 0 aromatic carbocycles. The van der Waals surface area contributed by atoms with Crippen LogP contribution in [0.1, 0.15) is 26.3 Å². The molecule has 7 heteroatoms. The molecule has 100 valence electrons. The molecule has 5 nitrogen and oxygen atoms in total. The first-order valence-electron chi connectivity index (χ1n) is 5.30. The Morgan fingerprint density at radius 2 is 2.22 bits per heavy atom. The zero-order chi connectivity index (χ0) is 13.8. The van der Waals surface area contributed by atoms with Gasteiger partial charge in [0.2, 0.25) is 0 Å². The lowest BCUT2D eigenvalue weighted by molar-refractivity contribution is 0.0497. The first-order valence-corrected chi connectivity index (χ1v) is 6.75. The van der Waals surface area contributed by atoms with Crippen molar-refractivity contribution in [1.82, 2.24) is 15.8 Å². The van der Waals surface area contributed by atoms with Gasteiger partial charge in [-0.05, 0) is 55.0 Å². The summed E-state index contributed by atoms with van der Waals surface area (Å²) in [5, 5.41) is 0.447. The molecule has 0 aliphatic carbocycles. The number of ether oxygens (including phenoxy) is 1. The molecular weight excluding hydrogens is 368 g/mol. The first-order chi connectivity index (χ1) is 8.28. The fourth-order valence-corrected chi connectivity index (χ4v) is 2.05. The number of hydrazine groups is 1. The van der Waals surface area contributed by atoms with Crippen molar-refractivity contribution in [2.24, 2.45) is 0 Å². The second-order valence-corrected chi connectivity index (χ2v) is 6.13. The number of halogens is 2. The molecule has 1 aromatic heterocycles. The van der Waals surface area contributed by atoms with Crippen LogP contribution in [-0.4, -0.2) is 16.7 Å². The summed E-state index contributed by atoms with van der Waals surface area (Å²) in [6.45, 7) is 5.86. The predicted octanol–water partition coefficient (Wildman–Crippen LogP) is 2.87. The van der Waals surface area contributed by atoms with Gasteiger partial charge in [-0.1, -0.05) is 11.6 Å². The van der Waals surface area contributed by atoms with E-state index in [0.717, 1.165) is 9.13 Å². The third kappa shape index (κ3) is 5.83. The predicted molar refractivity (Wildman–Crippen MR) is 78.2 cm³/mol. The maximum Gasteiger partial charge on any atom is 0.422 e. The molecule has 0 atom stereocenters. The number of rotatable bonds is 3. The van der Waals surface area contributed by atoms with Gasteiger partial charge < -0.3 is 4.74 Å². The van der Waals surface area contributed by atoms with Crippen LogP contribution in [0, 0.1) is 3.57 Å². The number of nitrogens with zero attached hydrogens (tertiary/aromatic N) is 1. The second kappa shape index (κ2) is 6.53. The third-order valence-electron chi connectivity index (χ3n) is 1.76. The van der Waals surface area contributed by atoms with E-state index in [4.69, 9.17) is 16.3 Å². The van der Waals surface area contributed by atoms with Gasteiger partial charge in [-0.2, -0.15) is 0 Å². The maximum atomic E-state index is 11.4. The smallest absolute Gasteiger partial charge is 0.422 e. The van der Waals surface area contributed by atoms with Crippen molar-refractivity contribution in [2.75, 3.05) is 0 Å². The molecule has 0 bridgehead atoms. The van der Waals surface area contributed by atoms with Gasteiger partial charge in [0.25, 0.3) is 0 Å². The van der Waals surface area contributed by atoms with E-state index in [1.807, 2.05) is 0 Å². The molecular formula is C11H15ClIN3O2. The molecule has 1 rings (SSSR count). The lowest BCUT2D eigenvalue weighted by atomic mass is 10.2. The quantitative estimate of drug-likeness (QED) is 0.479. The lowest BCUT2D eigenvalue weighted by Gasteiger charge is -2.19. The van der Waals surface area contributed by atoms with Crippen LogP contribution in [0.2, 0.25) is 5.15 Å². The summed E-state index contributed by atoms with van der Waals surface area (Å²) < 4.78 is 6.05. The minimum atomic E-state index is -0.514. The van der Waals surface area contributed by atoms with Crippen molar-refractivity contribution in [3.8, 4) is 0 Å². The molecule has 0 spiro atoms. The fraction of sp³-hybridized carbons (Fsp3) is 0.455. The summed E-state index contributed by atoms with van der Waals surface area (Å²) in [6, 6.07) is 1.76. The largest absolute Gasteiger partial charge is 0.443 e. The van der Waals surface area contributed by atoms with Crippen LogP contribution in [-0.2, 0) is 11.3 Å². The summed E-state index contributed by atoms with van der Waals surface area (Å²) in [7, 11) is 0. The molecule has 0 saturated heterocycles. The van der Waals surface area contributed by atoms with Crippen LogP contribution < -0.4 is 10.9 Å². The average molecular weight is 384 g/mol. The molecule has 2 N–H and O–H groups in total. The van der Waals surface area contributed by atoms with Crippen molar-refractivity contribution in [1.29, 1.82) is 0 Å². The number of pyridine rings is 1. The third-order valence-corrected chi connectivity index (χ3v) is 2.98. The van der Waals surface area contributed by atoms with Crippen LogP contribution >= 0.6 is 34.2 Å². The van der Waals surface area contributed by atoms with Gasteiger partial charge in [-0.15, -0.1) is 0 Å². The van der Waals surface area contributed by atoms with Gasteiger partial charge in [0, 0.05) is 16.3 Å². The van der Waals surface area contributed by atoms with Crippen LogP contribution in [0.5, 0.6) is 0 Å². The van der Waals surface area contributed by atoms with Gasteiger partial charge in [-0.3, -0.25) is 5.43 Å². The van der Waals surface area contributed by atoms with Gasteiger partial charge in [0.1, 0.15) is 10.8 Å². The number of amides is 1. The van der Waals surface area contributed by atoms with Crippen molar-refractivity contribution >= 4 is 40.3 Å². The zero-order valence-electron chi connectivity index (χ0n) is 10.4. The SMILES string of the molecule is CC(C)(C)OC(=O)NNCc1cnc(Cl)cc1I. The average Bonchev–Trinajstić information content (AvgIpc) is 2.18. The van der Waals surface area contributed by atoms with Crippen LogP contribution in [0.25, 0.3) is 0 Å². The molecule has 18 heavy (non-hydrogen) atoms. The molecule has 1 aromatic rings. The summed E-state index contributed by atoms with van der Waals surface area (Å²) >= 11 is 7.90. The zero-order valence-corrected chi connectivity index (χ0v) is 13.3. The Morgan fingerprint density at radius 1 is 1.56 bits per heavy atom. The number of aromatic nitrogens is 1. The van der Waals surface area contributed by atoms with Crippen LogP contribution in [0.4, 0.5) is 4.79 Å². The van der Waals surface area contributed by atoms with Crippen molar-refractivity contribution < 1.29 is 9.53 Å². The highest BCUT2D eigenvalue weighted by Crippen LogP contribution is 2.14. The Hall–Kier alpha value is -0.600. The standard InChI is InChI=1S/C11H15ClIN3O2/c1-11(2,3)18-10(17)16-15-6-7-5-14-9(12)4-8(7)13/h4-5,15H,6H2,1-3H3,(H,16,17). The highest BCUT2D eigenvalue weighted by Gasteiger charge is 2.15. The fourth-order valence-electron chi connectivity index (χ4n) is 1.08. The monoisotopic (exact) mass is 383 g/mol. The Bertz CT molecular complexity index is 435. The molecule has 1 amide bonds. The topological polar surface area (TPSA) is 63.2 Å². The van der Waals surface area contributed by atoms with Gasteiger partial charge in [0.15, 0.2) is 0 Å². The number of carbonyl (C=O) groups excluding carboxylic acids is 1. The number of nitrogens with one attached hydrogen (secondary N) is 2. The normalized spacial score (nSPS) is 11.2. The second-order valence-electron chi connectivity index (χ2n) is 4.58. The molecule has 0 fully saturated rings. The minimum absolute atomic E-state index is 0.446. The van der Waals surface area contributed by atoms with E-state index in [1.54, 1.807) is 33.0 Å². The molecule has 0 radical (unpaired) electrons. The van der Waals surface area contributed by atoms with Gasteiger partial charge >= 0.3 is 6.09 Å². The van der Waals surface area contributed by atoms with Crippen LogP contribution in [0.15, 0.2) is 12.3 Å². The summed E-state index contributed by atoms with van der Waals surface area (Å²) in [4.78, 5) is 15.3. The van der Waals surface area contributed by atoms with Gasteiger partial charge in [-0.25, -0.2) is 15.2 Å². The maximum absolute atomic E-state index is 11.4. The Labute approximate surface area is 125 Å². The van der Waals surface area contributed by atoms with Crippen molar-refractivity contribution in [3.63, 3.8) is 0 Å². The van der Waals surface area contributed by atoms with Crippen molar-refractivity contribution in [2.45, 2.75) is 32.9 Å². The van der Waals surface area contributed by atoms with E-state index in [0.29, 0.717) is 11.7 Å². The van der Waals surface area contributed by atoms with E-state index < -0.39 is 11.7 Å². The summed E-state index contributed by atoms with van der Waals surface area (Å²) in [6.07, 6.45) is 1.15. The lowest BCUT2D eigenvalue weighted by Crippen LogP contribution is -2.40. The van der Waals surface area contributed by atoms with E-state index in [2.05, 4.69) is 38.4 Å². The molecule has 0 saturated carbocycles. The van der Waals surface area contributed by atoms with E-state index in [9.17, 15) is 4.79 Å². The van der Waals surface area contributed by atoms with E-state index >= 15 is 0 Å². The van der Waals surface area contributed by atoms with Crippen LogP contribution in [0.3, 0.4) is 0 Å². The molecule has 1 heterocycles. The van der Waals surface area contributed by atoms with Gasteiger partial charge in [0.05, 0.1) is 0 Å².